The molecular weight excluding hydrogens is 459 g/mol. The van der Waals surface area contributed by atoms with Crippen LogP contribution in [0.4, 0.5) is 13.2 Å². The van der Waals surface area contributed by atoms with Crippen molar-refractivity contribution in [1.82, 2.24) is 14.9 Å². The van der Waals surface area contributed by atoms with Gasteiger partial charge in [-0.05, 0) is 56.2 Å². The molecule has 0 spiro atoms. The van der Waals surface area contributed by atoms with Gasteiger partial charge in [-0.15, -0.1) is 11.3 Å². The maximum atomic E-state index is 13.8. The van der Waals surface area contributed by atoms with Crippen LogP contribution in [0.25, 0.3) is 15.9 Å². The summed E-state index contributed by atoms with van der Waals surface area (Å²) in [5.41, 5.74) is -0.761. The molecule has 168 valence electrons. The SMILES string of the molecule is O=C(CSc1nc2sc3c(c2c(=O)n1-c1ccccc1C(F)(F)F)CCCC3)NC1CC1. The molecule has 0 atom stereocenters. The predicted molar refractivity (Wildman–Crippen MR) is 119 cm³/mol. The minimum atomic E-state index is -4.63. The Morgan fingerprint density at radius 1 is 1.22 bits per heavy atom. The van der Waals surface area contributed by atoms with Gasteiger partial charge in [0.15, 0.2) is 5.16 Å². The second kappa shape index (κ2) is 8.22. The number of nitrogens with one attached hydrogen (secondary N) is 1. The van der Waals surface area contributed by atoms with E-state index in [1.165, 1.54) is 29.5 Å². The first-order valence-electron chi connectivity index (χ1n) is 10.5. The van der Waals surface area contributed by atoms with Crippen LogP contribution < -0.4 is 10.9 Å². The second-order valence-corrected chi connectivity index (χ2v) is 10.1. The van der Waals surface area contributed by atoms with Gasteiger partial charge in [0.25, 0.3) is 5.56 Å². The van der Waals surface area contributed by atoms with E-state index in [-0.39, 0.29) is 28.5 Å². The Hall–Kier alpha value is -2.33. The Morgan fingerprint density at radius 3 is 2.72 bits per heavy atom. The lowest BCUT2D eigenvalue weighted by molar-refractivity contribution is -0.137. The van der Waals surface area contributed by atoms with Crippen LogP contribution in [0.1, 0.15) is 41.7 Å². The van der Waals surface area contributed by atoms with Gasteiger partial charge in [-0.25, -0.2) is 4.98 Å². The van der Waals surface area contributed by atoms with E-state index in [2.05, 4.69) is 10.3 Å². The number of para-hydroxylation sites is 1. The molecule has 0 unspecified atom stereocenters. The summed E-state index contributed by atoms with van der Waals surface area (Å²) in [4.78, 5) is 32.1. The standard InChI is InChI=1S/C22H20F3N3O2S2/c23-22(24,25)14-6-2-3-7-15(14)28-20(30)18-13-5-1-4-8-16(13)32-19(18)27-21(28)31-11-17(29)26-12-9-10-12/h2-3,6-7,12H,1,4-5,8-11H2,(H,26,29). The number of halogens is 3. The second-order valence-electron chi connectivity index (χ2n) is 8.07. The van der Waals surface area contributed by atoms with Crippen molar-refractivity contribution in [2.75, 3.05) is 5.75 Å². The molecule has 0 aliphatic heterocycles. The number of hydrogen-bond donors (Lipinski definition) is 1. The highest BCUT2D eigenvalue weighted by Gasteiger charge is 2.35. The summed E-state index contributed by atoms with van der Waals surface area (Å²) in [6.07, 6.45) is 0.772. The Labute approximate surface area is 190 Å². The van der Waals surface area contributed by atoms with Crippen molar-refractivity contribution in [3.63, 3.8) is 0 Å². The molecule has 10 heteroatoms. The van der Waals surface area contributed by atoms with Crippen LogP contribution >= 0.6 is 23.1 Å². The molecule has 2 aromatic heterocycles. The number of carbonyl (C=O) groups is 1. The zero-order chi connectivity index (χ0) is 22.5. The minimum Gasteiger partial charge on any atom is -0.353 e. The lowest BCUT2D eigenvalue weighted by Crippen LogP contribution is -2.28. The summed E-state index contributed by atoms with van der Waals surface area (Å²) in [5, 5.41) is 3.37. The molecule has 1 aromatic carbocycles. The van der Waals surface area contributed by atoms with E-state index in [1.807, 2.05) is 0 Å². The minimum absolute atomic E-state index is 0.0201. The van der Waals surface area contributed by atoms with E-state index in [0.717, 1.165) is 71.4 Å². The van der Waals surface area contributed by atoms with E-state index in [1.54, 1.807) is 0 Å². The molecule has 2 heterocycles. The number of aryl methyl sites for hydroxylation is 2. The molecule has 1 fully saturated rings. The smallest absolute Gasteiger partial charge is 0.353 e. The molecule has 3 aromatic rings. The number of thioether (sulfide) groups is 1. The van der Waals surface area contributed by atoms with Crippen molar-refractivity contribution in [1.29, 1.82) is 0 Å². The van der Waals surface area contributed by atoms with Crippen LogP contribution in [-0.2, 0) is 23.8 Å². The van der Waals surface area contributed by atoms with E-state index in [9.17, 15) is 22.8 Å². The summed E-state index contributed by atoms with van der Waals surface area (Å²) < 4.78 is 42.4. The number of alkyl halides is 3. The molecule has 1 saturated carbocycles. The lowest BCUT2D eigenvalue weighted by atomic mass is 9.97. The first kappa shape index (κ1) is 21.5. The number of carbonyl (C=O) groups excluding carboxylic acids is 1. The van der Waals surface area contributed by atoms with Crippen LogP contribution in [-0.4, -0.2) is 27.3 Å². The third-order valence-corrected chi connectivity index (χ3v) is 7.81. The summed E-state index contributed by atoms with van der Waals surface area (Å²) in [6.45, 7) is 0. The summed E-state index contributed by atoms with van der Waals surface area (Å²) in [6, 6.07) is 5.19. The third kappa shape index (κ3) is 4.05. The summed E-state index contributed by atoms with van der Waals surface area (Å²) >= 11 is 2.43. The zero-order valence-corrected chi connectivity index (χ0v) is 18.6. The van der Waals surface area contributed by atoms with Gasteiger partial charge in [0.1, 0.15) is 4.83 Å². The van der Waals surface area contributed by atoms with Crippen LogP contribution in [0.15, 0.2) is 34.2 Å². The van der Waals surface area contributed by atoms with Gasteiger partial charge in [-0.2, -0.15) is 13.2 Å². The van der Waals surface area contributed by atoms with E-state index in [4.69, 9.17) is 0 Å². The Kier molecular flexibility index (Phi) is 5.53. The fourth-order valence-electron chi connectivity index (χ4n) is 4.03. The highest BCUT2D eigenvalue weighted by molar-refractivity contribution is 7.99. The molecule has 1 N–H and O–H groups in total. The van der Waals surface area contributed by atoms with Gasteiger partial charge in [-0.1, -0.05) is 23.9 Å². The molecule has 5 nitrogen and oxygen atoms in total. The van der Waals surface area contributed by atoms with Gasteiger partial charge in [-0.3, -0.25) is 14.2 Å². The summed E-state index contributed by atoms with van der Waals surface area (Å²) in [5.74, 6) is -0.235. The Balaban J connectivity index is 1.67. The van der Waals surface area contributed by atoms with Crippen LogP contribution in [0, 0.1) is 0 Å². The molecule has 0 bridgehead atoms. The maximum absolute atomic E-state index is 13.8. The normalized spacial score (nSPS) is 16.2. The highest BCUT2D eigenvalue weighted by atomic mass is 32.2. The van der Waals surface area contributed by atoms with Gasteiger partial charge < -0.3 is 5.32 Å². The van der Waals surface area contributed by atoms with Crippen molar-refractivity contribution in [2.24, 2.45) is 0 Å². The van der Waals surface area contributed by atoms with Gasteiger partial charge in [0, 0.05) is 10.9 Å². The molecular formula is C22H20F3N3O2S2. The van der Waals surface area contributed by atoms with Crippen LogP contribution in [0.2, 0.25) is 0 Å². The first-order valence-corrected chi connectivity index (χ1v) is 12.3. The van der Waals surface area contributed by atoms with Crippen molar-refractivity contribution < 1.29 is 18.0 Å². The van der Waals surface area contributed by atoms with Crippen molar-refractivity contribution in [3.8, 4) is 5.69 Å². The zero-order valence-electron chi connectivity index (χ0n) is 17.0. The van der Waals surface area contributed by atoms with Crippen molar-refractivity contribution in [3.05, 3.63) is 50.6 Å². The quantitative estimate of drug-likeness (QED) is 0.425. The van der Waals surface area contributed by atoms with E-state index in [0.29, 0.717) is 10.2 Å². The van der Waals surface area contributed by atoms with Crippen LogP contribution in [0.3, 0.4) is 0 Å². The van der Waals surface area contributed by atoms with E-state index < -0.39 is 17.3 Å². The van der Waals surface area contributed by atoms with Gasteiger partial charge in [0.05, 0.1) is 22.4 Å². The molecule has 0 radical (unpaired) electrons. The average molecular weight is 480 g/mol. The topological polar surface area (TPSA) is 64.0 Å². The number of fused-ring (bicyclic) bond motifs is 3. The molecule has 2 aliphatic carbocycles. The van der Waals surface area contributed by atoms with Crippen molar-refractivity contribution >= 4 is 39.2 Å². The number of amides is 1. The highest BCUT2D eigenvalue weighted by Crippen LogP contribution is 2.38. The number of benzene rings is 1. The fraction of sp³-hybridized carbons (Fsp3) is 0.409. The van der Waals surface area contributed by atoms with Crippen LogP contribution in [0.5, 0.6) is 0 Å². The largest absolute Gasteiger partial charge is 0.418 e. The maximum Gasteiger partial charge on any atom is 0.418 e. The monoisotopic (exact) mass is 479 g/mol. The Bertz CT molecular complexity index is 1260. The number of hydrogen-bond acceptors (Lipinski definition) is 5. The molecule has 5 rings (SSSR count). The number of rotatable bonds is 5. The Morgan fingerprint density at radius 2 is 1.97 bits per heavy atom. The predicted octanol–water partition coefficient (Wildman–Crippen LogP) is 4.72. The van der Waals surface area contributed by atoms with E-state index >= 15 is 0 Å². The molecule has 0 saturated heterocycles. The molecule has 2 aliphatic rings. The third-order valence-electron chi connectivity index (χ3n) is 5.68. The molecule has 1 amide bonds. The first-order chi connectivity index (χ1) is 15.3. The van der Waals surface area contributed by atoms with Gasteiger partial charge >= 0.3 is 6.18 Å². The van der Waals surface area contributed by atoms with Crippen molar-refractivity contribution in [2.45, 2.75) is 55.9 Å². The fourth-order valence-corrected chi connectivity index (χ4v) is 6.15. The summed E-state index contributed by atoms with van der Waals surface area (Å²) in [7, 11) is 0. The molecule has 32 heavy (non-hydrogen) atoms. The number of nitrogens with zero attached hydrogens (tertiary/aromatic N) is 2. The average Bonchev–Trinajstić information content (AvgIpc) is 3.48. The number of aromatic nitrogens is 2. The number of thiophene rings is 1. The van der Waals surface area contributed by atoms with Gasteiger partial charge in [0.2, 0.25) is 5.91 Å². The lowest BCUT2D eigenvalue weighted by Gasteiger charge is -2.17.